The molecule has 102 valence electrons. The highest BCUT2D eigenvalue weighted by atomic mass is 79.9. The fourth-order valence-corrected chi connectivity index (χ4v) is 2.36. The molecule has 0 radical (unpaired) electrons. The first-order valence-corrected chi connectivity index (χ1v) is 7.09. The second-order valence-corrected chi connectivity index (χ2v) is 5.35. The van der Waals surface area contributed by atoms with Crippen molar-refractivity contribution in [2.75, 3.05) is 7.11 Å². The molecule has 1 atom stereocenters. The van der Waals surface area contributed by atoms with Gasteiger partial charge in [-0.05, 0) is 41.8 Å². The minimum atomic E-state index is -0.380. The molecule has 0 spiro atoms. The summed E-state index contributed by atoms with van der Waals surface area (Å²) in [5.74, 6) is 0.846. The number of hydrogen-bond acceptors (Lipinski definition) is 2. The lowest BCUT2D eigenvalue weighted by atomic mass is 10.1. The molecule has 0 aliphatic heterocycles. The number of aliphatic hydroxyl groups is 1. The van der Waals surface area contributed by atoms with E-state index in [0.29, 0.717) is 0 Å². The van der Waals surface area contributed by atoms with Crippen LogP contribution in [-0.2, 0) is 6.54 Å². The Balaban J connectivity index is 2.19. The van der Waals surface area contributed by atoms with Crippen molar-refractivity contribution in [2.45, 2.75) is 26.0 Å². The van der Waals surface area contributed by atoms with Gasteiger partial charge in [0.05, 0.1) is 13.2 Å². The third-order valence-corrected chi connectivity index (χ3v) is 3.92. The molecule has 1 N–H and O–H groups in total. The standard InChI is InChI=1S/C15H18BrNO2/c1-3-15(18)11-6-7-17(9-11)10-12-8-13(19-2)4-5-14(12)16/h4-9,15,18H,3,10H2,1-2H3. The molecule has 4 heteroatoms. The molecule has 2 rings (SSSR count). The van der Waals surface area contributed by atoms with Crippen molar-refractivity contribution in [1.29, 1.82) is 0 Å². The molecule has 1 unspecified atom stereocenters. The third kappa shape index (κ3) is 3.39. The van der Waals surface area contributed by atoms with Crippen LogP contribution in [0, 0.1) is 0 Å². The van der Waals surface area contributed by atoms with Gasteiger partial charge in [-0.1, -0.05) is 22.9 Å². The Bertz CT molecular complexity index is 551. The van der Waals surface area contributed by atoms with Gasteiger partial charge in [0, 0.05) is 23.4 Å². The largest absolute Gasteiger partial charge is 0.497 e. The van der Waals surface area contributed by atoms with Crippen molar-refractivity contribution >= 4 is 15.9 Å². The van der Waals surface area contributed by atoms with Gasteiger partial charge < -0.3 is 14.4 Å². The first-order valence-electron chi connectivity index (χ1n) is 6.30. The van der Waals surface area contributed by atoms with Gasteiger partial charge >= 0.3 is 0 Å². The number of halogens is 1. The van der Waals surface area contributed by atoms with Gasteiger partial charge in [-0.15, -0.1) is 0 Å². The minimum absolute atomic E-state index is 0.380. The van der Waals surface area contributed by atoms with E-state index in [1.807, 2.05) is 43.6 Å². The SMILES string of the molecule is CCC(O)c1ccn(Cc2cc(OC)ccc2Br)c1. The maximum absolute atomic E-state index is 9.80. The van der Waals surface area contributed by atoms with E-state index in [9.17, 15) is 5.11 Å². The van der Waals surface area contributed by atoms with Gasteiger partial charge in [0.2, 0.25) is 0 Å². The Morgan fingerprint density at radius 1 is 1.37 bits per heavy atom. The number of rotatable bonds is 5. The quantitative estimate of drug-likeness (QED) is 0.909. The summed E-state index contributed by atoms with van der Waals surface area (Å²) in [7, 11) is 1.67. The summed E-state index contributed by atoms with van der Waals surface area (Å²) in [6.07, 6.45) is 4.32. The predicted molar refractivity (Wildman–Crippen MR) is 79.5 cm³/mol. The van der Waals surface area contributed by atoms with Crippen molar-refractivity contribution in [3.8, 4) is 5.75 Å². The van der Waals surface area contributed by atoms with Gasteiger partial charge in [-0.25, -0.2) is 0 Å². The molecule has 0 fully saturated rings. The minimum Gasteiger partial charge on any atom is -0.497 e. The van der Waals surface area contributed by atoms with Crippen LogP contribution < -0.4 is 4.74 Å². The molecular formula is C15H18BrNO2. The van der Waals surface area contributed by atoms with Gasteiger partial charge in [-0.3, -0.25) is 0 Å². The number of nitrogens with zero attached hydrogens (tertiary/aromatic N) is 1. The Hall–Kier alpha value is -1.26. The molecule has 19 heavy (non-hydrogen) atoms. The van der Waals surface area contributed by atoms with Gasteiger partial charge in [0.15, 0.2) is 0 Å². The number of ether oxygens (including phenoxy) is 1. The van der Waals surface area contributed by atoms with Crippen LogP contribution in [0.4, 0.5) is 0 Å². The van der Waals surface area contributed by atoms with Crippen LogP contribution in [0.5, 0.6) is 5.75 Å². The van der Waals surface area contributed by atoms with Crippen LogP contribution in [-0.4, -0.2) is 16.8 Å². The van der Waals surface area contributed by atoms with Crippen LogP contribution in [0.25, 0.3) is 0 Å². The Kier molecular flexibility index (Phi) is 4.66. The molecule has 1 aromatic carbocycles. The topological polar surface area (TPSA) is 34.4 Å². The summed E-state index contributed by atoms with van der Waals surface area (Å²) in [6.45, 7) is 2.72. The Morgan fingerprint density at radius 3 is 2.84 bits per heavy atom. The zero-order valence-electron chi connectivity index (χ0n) is 11.1. The van der Waals surface area contributed by atoms with Crippen molar-refractivity contribution in [2.24, 2.45) is 0 Å². The van der Waals surface area contributed by atoms with E-state index >= 15 is 0 Å². The first kappa shape index (κ1) is 14.2. The number of hydrogen-bond donors (Lipinski definition) is 1. The zero-order valence-corrected chi connectivity index (χ0v) is 12.7. The number of benzene rings is 1. The molecule has 0 aliphatic rings. The van der Waals surface area contributed by atoms with Crippen LogP contribution in [0.2, 0.25) is 0 Å². The highest BCUT2D eigenvalue weighted by Crippen LogP contribution is 2.24. The molecule has 1 heterocycles. The monoisotopic (exact) mass is 323 g/mol. The van der Waals surface area contributed by atoms with E-state index in [2.05, 4.69) is 20.5 Å². The van der Waals surface area contributed by atoms with Gasteiger partial charge in [0.1, 0.15) is 5.75 Å². The molecule has 2 aromatic rings. The highest BCUT2D eigenvalue weighted by molar-refractivity contribution is 9.10. The second kappa shape index (κ2) is 6.26. The van der Waals surface area contributed by atoms with E-state index in [1.165, 1.54) is 0 Å². The van der Waals surface area contributed by atoms with E-state index in [1.54, 1.807) is 7.11 Å². The number of aromatic nitrogens is 1. The zero-order chi connectivity index (χ0) is 13.8. The fraction of sp³-hybridized carbons (Fsp3) is 0.333. The van der Waals surface area contributed by atoms with Gasteiger partial charge in [0.25, 0.3) is 0 Å². The average molecular weight is 324 g/mol. The molecule has 3 nitrogen and oxygen atoms in total. The van der Waals surface area contributed by atoms with E-state index in [4.69, 9.17) is 4.74 Å². The number of aliphatic hydroxyl groups excluding tert-OH is 1. The number of methoxy groups -OCH3 is 1. The third-order valence-electron chi connectivity index (χ3n) is 3.15. The maximum Gasteiger partial charge on any atom is 0.119 e. The summed E-state index contributed by atoms with van der Waals surface area (Å²) in [5, 5.41) is 9.80. The van der Waals surface area contributed by atoms with E-state index in [-0.39, 0.29) is 6.10 Å². The Morgan fingerprint density at radius 2 is 2.16 bits per heavy atom. The van der Waals surface area contributed by atoms with E-state index < -0.39 is 0 Å². The van der Waals surface area contributed by atoms with Crippen molar-refractivity contribution in [3.63, 3.8) is 0 Å². The molecule has 0 bridgehead atoms. The van der Waals surface area contributed by atoms with Crippen LogP contribution in [0.3, 0.4) is 0 Å². The molecule has 0 aliphatic carbocycles. The lowest BCUT2D eigenvalue weighted by molar-refractivity contribution is 0.173. The fourth-order valence-electron chi connectivity index (χ4n) is 1.99. The van der Waals surface area contributed by atoms with E-state index in [0.717, 1.165) is 34.3 Å². The highest BCUT2D eigenvalue weighted by Gasteiger charge is 2.08. The van der Waals surface area contributed by atoms with Crippen molar-refractivity contribution in [3.05, 3.63) is 52.3 Å². The summed E-state index contributed by atoms with van der Waals surface area (Å²) >= 11 is 3.55. The lowest BCUT2D eigenvalue weighted by Crippen LogP contribution is -1.99. The molecule has 1 aromatic heterocycles. The summed E-state index contributed by atoms with van der Waals surface area (Å²) in [4.78, 5) is 0. The normalized spacial score (nSPS) is 12.4. The molecular weight excluding hydrogens is 306 g/mol. The van der Waals surface area contributed by atoms with Gasteiger partial charge in [-0.2, -0.15) is 0 Å². The lowest BCUT2D eigenvalue weighted by Gasteiger charge is -2.09. The molecule has 0 saturated carbocycles. The first-order chi connectivity index (χ1) is 9.13. The summed E-state index contributed by atoms with van der Waals surface area (Å²) < 4.78 is 8.36. The van der Waals surface area contributed by atoms with Crippen molar-refractivity contribution < 1.29 is 9.84 Å². The van der Waals surface area contributed by atoms with Crippen LogP contribution in [0.1, 0.15) is 30.6 Å². The molecule has 0 saturated heterocycles. The molecule has 0 amide bonds. The second-order valence-electron chi connectivity index (χ2n) is 4.50. The van der Waals surface area contributed by atoms with Crippen LogP contribution >= 0.6 is 15.9 Å². The van der Waals surface area contributed by atoms with Crippen molar-refractivity contribution in [1.82, 2.24) is 4.57 Å². The predicted octanol–water partition coefficient (Wildman–Crippen LogP) is 3.75. The smallest absolute Gasteiger partial charge is 0.119 e. The summed E-state index contributed by atoms with van der Waals surface area (Å²) in [5.41, 5.74) is 2.11. The Labute approximate surface area is 122 Å². The average Bonchev–Trinajstić information content (AvgIpc) is 2.89. The van der Waals surface area contributed by atoms with Crippen LogP contribution in [0.15, 0.2) is 41.1 Å². The summed E-state index contributed by atoms with van der Waals surface area (Å²) in [6, 6.07) is 7.89. The maximum atomic E-state index is 9.80.